The van der Waals surface area contributed by atoms with Crippen molar-refractivity contribution in [3.63, 3.8) is 0 Å². The number of carboxylic acid groups (broad SMARTS) is 1. The number of aliphatic carboxylic acids is 1. The second-order valence-electron chi connectivity index (χ2n) is 4.47. The van der Waals surface area contributed by atoms with Gasteiger partial charge in [0.1, 0.15) is 6.29 Å². The van der Waals surface area contributed by atoms with Crippen molar-refractivity contribution in [1.29, 1.82) is 0 Å². The third-order valence-corrected chi connectivity index (χ3v) is 3.71. The molecule has 0 aromatic heterocycles. The van der Waals surface area contributed by atoms with Crippen molar-refractivity contribution in [2.75, 3.05) is 19.7 Å². The number of ether oxygens (including phenoxy) is 2. The summed E-state index contributed by atoms with van der Waals surface area (Å²) in [5.41, 5.74) is 0. The molecule has 3 unspecified atom stereocenters. The van der Waals surface area contributed by atoms with Crippen LogP contribution < -0.4 is 5.32 Å². The number of alkyl carbamates (subject to hydrolysis) is 1. The highest BCUT2D eigenvalue weighted by Gasteiger charge is 2.40. The van der Waals surface area contributed by atoms with Gasteiger partial charge < -0.3 is 24.8 Å². The lowest BCUT2D eigenvalue weighted by Gasteiger charge is -2.12. The van der Waals surface area contributed by atoms with Gasteiger partial charge in [-0.2, -0.15) is 0 Å². The minimum absolute atomic E-state index is 0.168. The van der Waals surface area contributed by atoms with Crippen LogP contribution in [0.1, 0.15) is 13.3 Å². The maximum absolute atomic E-state index is 11.3. The van der Waals surface area contributed by atoms with E-state index in [0.717, 1.165) is 6.42 Å². The van der Waals surface area contributed by atoms with Crippen molar-refractivity contribution in [2.24, 2.45) is 11.8 Å². The Hall–Kier alpha value is -1.64. The van der Waals surface area contributed by atoms with Crippen molar-refractivity contribution in [2.45, 2.75) is 13.3 Å². The second-order valence-corrected chi connectivity index (χ2v) is 6.32. The number of esters is 1. The average molecular weight is 325 g/mol. The fraction of sp³-hybridized carbons (Fsp3) is 0.700. The van der Waals surface area contributed by atoms with E-state index in [1.807, 2.05) is 12.2 Å². The lowest BCUT2D eigenvalue weighted by Crippen LogP contribution is -2.27. The van der Waals surface area contributed by atoms with Gasteiger partial charge in [0.15, 0.2) is 6.61 Å². The van der Waals surface area contributed by atoms with Crippen LogP contribution in [0, 0.1) is 11.8 Å². The van der Waals surface area contributed by atoms with Crippen molar-refractivity contribution in [3.8, 4) is 0 Å². The predicted octanol–water partition coefficient (Wildman–Crippen LogP) is 0.113. The smallest absolute Gasteiger partial charge is 0.410 e. The Morgan fingerprint density at radius 1 is 1.33 bits per heavy atom. The van der Waals surface area contributed by atoms with Gasteiger partial charge in [-0.25, -0.2) is 9.59 Å². The molecule has 0 aromatic rings. The number of carbonyl (C=O) groups is 3. The van der Waals surface area contributed by atoms with Gasteiger partial charge in [-0.1, -0.05) is 6.92 Å². The first-order valence-electron chi connectivity index (χ1n) is 5.96. The first-order valence-corrected chi connectivity index (χ1v) is 7.73. The van der Waals surface area contributed by atoms with E-state index in [2.05, 4.69) is 14.0 Å². The number of carboxylic acids is 1. The van der Waals surface area contributed by atoms with E-state index in [-0.39, 0.29) is 11.8 Å². The van der Waals surface area contributed by atoms with E-state index in [4.69, 9.17) is 10.00 Å². The normalized spacial score (nSPS) is 22.8. The molecule has 0 saturated heterocycles. The van der Waals surface area contributed by atoms with E-state index in [0.29, 0.717) is 0 Å². The third-order valence-electron chi connectivity index (χ3n) is 2.62. The van der Waals surface area contributed by atoms with Gasteiger partial charge in [0.05, 0.1) is 5.92 Å². The molecule has 3 N–H and O–H groups in total. The van der Waals surface area contributed by atoms with Gasteiger partial charge in [-0.3, -0.25) is 13.9 Å². The summed E-state index contributed by atoms with van der Waals surface area (Å²) in [5.74, 6) is -1.79. The van der Waals surface area contributed by atoms with Gasteiger partial charge in [-0.05, 0) is 12.3 Å². The van der Waals surface area contributed by atoms with E-state index < -0.39 is 45.3 Å². The standard InChI is InChI=1S/C10H16NO9P/c1-6-2-7(6)9(14)18-5-19-10(15)11-4-21(16,17)20-3-8(12)13/h6-7H,2-5H2,1H3,(H,11,15)(H,12,13)(H,16,17). The van der Waals surface area contributed by atoms with E-state index in [1.54, 1.807) is 0 Å². The largest absolute Gasteiger partial charge is 0.480 e. The van der Waals surface area contributed by atoms with Crippen LogP contribution in [0.4, 0.5) is 4.79 Å². The molecule has 1 amide bonds. The predicted molar refractivity (Wildman–Crippen MR) is 66.1 cm³/mol. The van der Waals surface area contributed by atoms with Crippen LogP contribution in [0.15, 0.2) is 0 Å². The molecule has 10 nitrogen and oxygen atoms in total. The number of nitrogens with one attached hydrogen (secondary N) is 1. The molecular weight excluding hydrogens is 309 g/mol. The zero-order valence-electron chi connectivity index (χ0n) is 11.2. The van der Waals surface area contributed by atoms with Gasteiger partial charge in [0.2, 0.25) is 6.79 Å². The number of hydrogen-bond acceptors (Lipinski definition) is 7. The van der Waals surface area contributed by atoms with Crippen LogP contribution in [0.5, 0.6) is 0 Å². The van der Waals surface area contributed by atoms with Crippen molar-refractivity contribution >= 4 is 25.6 Å². The number of rotatable bonds is 8. The zero-order valence-corrected chi connectivity index (χ0v) is 12.1. The maximum Gasteiger partial charge on any atom is 0.410 e. The van der Waals surface area contributed by atoms with Crippen LogP contribution in [-0.4, -0.2) is 47.7 Å². The maximum atomic E-state index is 11.3. The Morgan fingerprint density at radius 2 is 1.95 bits per heavy atom. The van der Waals surface area contributed by atoms with Crippen molar-refractivity contribution in [1.82, 2.24) is 5.32 Å². The van der Waals surface area contributed by atoms with Gasteiger partial charge >= 0.3 is 25.6 Å². The number of hydrogen-bond donors (Lipinski definition) is 3. The molecule has 1 aliphatic carbocycles. The molecule has 21 heavy (non-hydrogen) atoms. The molecule has 11 heteroatoms. The van der Waals surface area contributed by atoms with E-state index >= 15 is 0 Å². The molecule has 0 spiro atoms. The minimum atomic E-state index is -4.27. The summed E-state index contributed by atoms with van der Waals surface area (Å²) in [5, 5.41) is 10.2. The molecule has 1 fully saturated rings. The lowest BCUT2D eigenvalue weighted by molar-refractivity contribution is -0.153. The summed E-state index contributed by atoms with van der Waals surface area (Å²) < 4.78 is 24.5. The van der Waals surface area contributed by atoms with Crippen LogP contribution in [0.25, 0.3) is 0 Å². The lowest BCUT2D eigenvalue weighted by atomic mass is 10.3. The topological polar surface area (TPSA) is 148 Å². The Labute approximate surface area is 119 Å². The molecule has 1 saturated carbocycles. The summed E-state index contributed by atoms with van der Waals surface area (Å²) in [7, 11) is -4.27. The average Bonchev–Trinajstić information content (AvgIpc) is 3.11. The molecule has 0 bridgehead atoms. The van der Waals surface area contributed by atoms with Crippen molar-refractivity contribution in [3.05, 3.63) is 0 Å². The van der Waals surface area contributed by atoms with Gasteiger partial charge in [-0.15, -0.1) is 0 Å². The summed E-state index contributed by atoms with van der Waals surface area (Å²) >= 11 is 0. The summed E-state index contributed by atoms with van der Waals surface area (Å²) in [4.78, 5) is 41.7. The Bertz CT molecular complexity index is 465. The van der Waals surface area contributed by atoms with E-state index in [1.165, 1.54) is 0 Å². The Morgan fingerprint density at radius 3 is 2.48 bits per heavy atom. The monoisotopic (exact) mass is 325 g/mol. The van der Waals surface area contributed by atoms with Crippen LogP contribution in [0.3, 0.4) is 0 Å². The van der Waals surface area contributed by atoms with Gasteiger partial charge in [0, 0.05) is 0 Å². The fourth-order valence-electron chi connectivity index (χ4n) is 1.32. The van der Waals surface area contributed by atoms with Gasteiger partial charge in [0.25, 0.3) is 0 Å². The van der Waals surface area contributed by atoms with E-state index in [9.17, 15) is 18.9 Å². The summed E-state index contributed by atoms with van der Waals surface area (Å²) in [6, 6.07) is 0. The highest BCUT2D eigenvalue weighted by molar-refractivity contribution is 7.52. The Balaban J connectivity index is 2.14. The fourth-order valence-corrected chi connectivity index (χ4v) is 2.05. The Kier molecular flexibility index (Phi) is 6.13. The molecular formula is C10H16NO9P. The van der Waals surface area contributed by atoms with Crippen LogP contribution in [0.2, 0.25) is 0 Å². The molecule has 3 atom stereocenters. The highest BCUT2D eigenvalue weighted by atomic mass is 31.2. The highest BCUT2D eigenvalue weighted by Crippen LogP contribution is 2.40. The third kappa shape index (κ3) is 7.07. The molecule has 120 valence electrons. The second kappa shape index (κ2) is 7.39. The molecule has 0 heterocycles. The first kappa shape index (κ1) is 17.4. The number of carbonyl (C=O) groups excluding carboxylic acids is 2. The summed E-state index contributed by atoms with van der Waals surface area (Å²) in [6.07, 6.45) is -1.19. The number of amides is 1. The molecule has 1 aliphatic rings. The SMILES string of the molecule is CC1CC1C(=O)OCOC(=O)NCP(=O)(O)OCC(=O)O. The zero-order chi connectivity index (χ0) is 16.0. The molecule has 0 radical (unpaired) electrons. The quantitative estimate of drug-likeness (QED) is 0.321. The molecule has 1 rings (SSSR count). The minimum Gasteiger partial charge on any atom is -0.480 e. The van der Waals surface area contributed by atoms with Crippen LogP contribution >= 0.6 is 7.60 Å². The first-order chi connectivity index (χ1) is 9.71. The van der Waals surface area contributed by atoms with Crippen molar-refractivity contribution < 1.29 is 42.9 Å². The molecule has 0 aliphatic heterocycles. The van der Waals surface area contributed by atoms with Crippen LogP contribution in [-0.2, 0) is 28.2 Å². The molecule has 0 aromatic carbocycles. The summed E-state index contributed by atoms with van der Waals surface area (Å²) in [6.45, 7) is 0.302.